The summed E-state index contributed by atoms with van der Waals surface area (Å²) in [6.07, 6.45) is 3.46. The van der Waals surface area contributed by atoms with Gasteiger partial charge in [-0.1, -0.05) is 449 Å². The van der Waals surface area contributed by atoms with Crippen molar-refractivity contribution in [2.24, 2.45) is 0 Å². The van der Waals surface area contributed by atoms with E-state index in [1.54, 1.807) is 6.33 Å². The first kappa shape index (κ1) is 86.4. The summed E-state index contributed by atoms with van der Waals surface area (Å²) < 4.78 is 0. The molecule has 0 N–H and O–H groups in total. The molecule has 0 amide bonds. The summed E-state index contributed by atoms with van der Waals surface area (Å²) in [6, 6.07) is 187. The second-order valence-electron chi connectivity index (χ2n) is 36.5. The van der Waals surface area contributed by atoms with E-state index in [0.717, 1.165) is 101 Å². The van der Waals surface area contributed by atoms with Gasteiger partial charge in [0.25, 0.3) is 0 Å². The molecule has 0 atom stereocenters. The quantitative estimate of drug-likeness (QED) is 0.0945. The largest absolute Gasteiger partial charge is 0.237 e. The molecule has 27 aromatic rings. The van der Waals surface area contributed by atoms with Crippen molar-refractivity contribution in [3.63, 3.8) is 0 Å². The Labute approximate surface area is 834 Å². The van der Waals surface area contributed by atoms with E-state index in [1.165, 1.54) is 147 Å². The van der Waals surface area contributed by atoms with Gasteiger partial charge in [-0.05, 0) is 265 Å². The Morgan fingerprint density at radius 3 is 0.611 bits per heavy atom. The van der Waals surface area contributed by atoms with Crippen molar-refractivity contribution in [3.8, 4) is 168 Å². The van der Waals surface area contributed by atoms with Gasteiger partial charge in [-0.2, -0.15) is 0 Å². The van der Waals surface area contributed by atoms with Gasteiger partial charge in [-0.15, -0.1) is 0 Å². The van der Waals surface area contributed by atoms with Crippen molar-refractivity contribution in [2.45, 2.75) is 0 Å². The van der Waals surface area contributed by atoms with Crippen LogP contribution in [-0.2, 0) is 0 Å². The lowest BCUT2D eigenvalue weighted by molar-refractivity contribution is 1.07. The smallest absolute Gasteiger partial charge is 0.163 e. The fraction of sp³-hybridized carbons (Fsp3) is 0. The molecule has 3 heterocycles. The van der Waals surface area contributed by atoms with Gasteiger partial charge in [0, 0.05) is 45.1 Å². The van der Waals surface area contributed by atoms with Gasteiger partial charge in [0.2, 0.25) is 0 Å². The lowest BCUT2D eigenvalue weighted by Crippen LogP contribution is -1.96. The van der Waals surface area contributed by atoms with Crippen molar-refractivity contribution in [2.75, 3.05) is 0 Å². The summed E-state index contributed by atoms with van der Waals surface area (Å²) in [5.74, 6) is 2.73. The maximum absolute atomic E-state index is 5.06. The predicted octanol–water partition coefficient (Wildman–Crippen LogP) is 36.2. The minimum atomic E-state index is 0.650. The zero-order chi connectivity index (χ0) is 95.6. The Balaban J connectivity index is 0.000000113. The highest BCUT2D eigenvalue weighted by Crippen LogP contribution is 2.45. The van der Waals surface area contributed by atoms with E-state index in [-0.39, 0.29) is 0 Å². The molecule has 0 aliphatic heterocycles. The molecule has 0 bridgehead atoms. The molecular formula is C137H89N7. The number of benzene rings is 24. The highest BCUT2D eigenvalue weighted by atomic mass is 15.0. The van der Waals surface area contributed by atoms with Gasteiger partial charge >= 0.3 is 0 Å². The number of hydrogen-bond donors (Lipinski definition) is 0. The first-order valence-electron chi connectivity index (χ1n) is 48.8. The number of fused-ring (bicyclic) bond motifs is 18. The molecule has 0 spiro atoms. The number of nitrogens with zero attached hydrogens (tertiary/aromatic N) is 7. The molecule has 672 valence electrons. The van der Waals surface area contributed by atoms with Gasteiger partial charge in [-0.25, -0.2) is 34.9 Å². The molecule has 3 aromatic heterocycles. The van der Waals surface area contributed by atoms with Gasteiger partial charge < -0.3 is 0 Å². The summed E-state index contributed by atoms with van der Waals surface area (Å²) in [5.41, 5.74) is 28.5. The van der Waals surface area contributed by atoms with Gasteiger partial charge in [0.05, 0.1) is 17.1 Å². The molecule has 27 rings (SSSR count). The standard InChI is InChI=1S/2C46H30N2.C45H29N3/c1-3-13-31(14-4-1)44-30-45(48-46(47-44)32-15-5-2-6-16-32)37-20-12-19-35(28-37)33-17-11-18-34(27-33)36-25-26-42-40-23-8-7-21-38(40)39-22-9-10-24-41(39)43(42)29-36;1-2-11-31(12-3-1)32-13-9-17-37(28-32)45-25-26-47-46(48-45)38-18-10-16-35(29-38)33-14-8-15-34(27-33)36-23-24-43-41-21-5-4-19-39(41)40-20-6-7-22-42(40)44(43)30-36;1-2-11-30(12-3-1)31-13-9-17-36(26-31)44-46-29-47-45(48-44)37-18-10-16-34(27-37)32-14-8-15-33(25-32)35-23-24-42-40-21-5-4-19-38(40)39-20-6-7-22-41(39)43(42)28-35/h2*1-30H;1-29H. The third kappa shape index (κ3) is 17.2. The Hall–Kier alpha value is -19.2. The third-order valence-electron chi connectivity index (χ3n) is 27.8. The minimum absolute atomic E-state index is 0.650. The molecule has 0 aliphatic carbocycles. The molecule has 0 fully saturated rings. The van der Waals surface area contributed by atoms with Gasteiger partial charge in [-0.3, -0.25) is 0 Å². The normalized spacial score (nSPS) is 11.3. The van der Waals surface area contributed by atoms with Crippen LogP contribution in [0.15, 0.2) is 540 Å². The Morgan fingerprint density at radius 1 is 0.0972 bits per heavy atom. The lowest BCUT2D eigenvalue weighted by atomic mass is 9.91. The monoisotopic (exact) mass is 1830 g/mol. The van der Waals surface area contributed by atoms with Crippen LogP contribution < -0.4 is 0 Å². The second kappa shape index (κ2) is 38.3. The maximum Gasteiger partial charge on any atom is 0.163 e. The molecule has 144 heavy (non-hydrogen) atoms. The lowest BCUT2D eigenvalue weighted by Gasteiger charge is -2.13. The predicted molar refractivity (Wildman–Crippen MR) is 603 cm³/mol. The number of rotatable bonds is 15. The fourth-order valence-electron chi connectivity index (χ4n) is 20.7. The molecule has 0 radical (unpaired) electrons. The van der Waals surface area contributed by atoms with Crippen molar-refractivity contribution in [1.29, 1.82) is 0 Å². The first-order chi connectivity index (χ1) is 71.3. The summed E-state index contributed by atoms with van der Waals surface area (Å²) in [4.78, 5) is 33.7. The van der Waals surface area contributed by atoms with Crippen molar-refractivity contribution >= 4 is 97.0 Å². The van der Waals surface area contributed by atoms with E-state index in [4.69, 9.17) is 19.9 Å². The van der Waals surface area contributed by atoms with Crippen LogP contribution in [0.4, 0.5) is 0 Å². The topological polar surface area (TPSA) is 90.2 Å². The summed E-state index contributed by atoms with van der Waals surface area (Å²) in [7, 11) is 0. The van der Waals surface area contributed by atoms with E-state index in [1.807, 2.05) is 66.9 Å². The Kier molecular flexibility index (Phi) is 23.0. The van der Waals surface area contributed by atoms with Crippen LogP contribution in [0.5, 0.6) is 0 Å². The summed E-state index contributed by atoms with van der Waals surface area (Å²) in [6.45, 7) is 0. The van der Waals surface area contributed by atoms with E-state index in [9.17, 15) is 0 Å². The molecule has 24 aromatic carbocycles. The second-order valence-corrected chi connectivity index (χ2v) is 36.5. The maximum atomic E-state index is 5.06. The minimum Gasteiger partial charge on any atom is -0.237 e. The van der Waals surface area contributed by atoms with Crippen molar-refractivity contribution in [1.82, 2.24) is 34.9 Å². The molecule has 7 heteroatoms. The fourth-order valence-corrected chi connectivity index (χ4v) is 20.7. The summed E-state index contributed by atoms with van der Waals surface area (Å²) >= 11 is 0. The highest BCUT2D eigenvalue weighted by molar-refractivity contribution is 6.28. The van der Waals surface area contributed by atoms with E-state index < -0.39 is 0 Å². The van der Waals surface area contributed by atoms with Crippen LogP contribution in [0.1, 0.15) is 0 Å². The Bertz CT molecular complexity index is 9070. The third-order valence-corrected chi connectivity index (χ3v) is 27.8. The Morgan fingerprint density at radius 2 is 0.299 bits per heavy atom. The van der Waals surface area contributed by atoms with Crippen LogP contribution >= 0.6 is 0 Å². The molecule has 0 unspecified atom stereocenters. The van der Waals surface area contributed by atoms with E-state index in [0.29, 0.717) is 17.5 Å². The van der Waals surface area contributed by atoms with E-state index >= 15 is 0 Å². The SMILES string of the molecule is c1ccc(-c2cc(-c3cccc(-c4cccc(-c5ccc6c7ccccc7c7ccccc7c6c5)c4)c3)nc(-c3ccccc3)n2)cc1.c1ccc(-c2cccc(-c3ccnc(-c4cccc(-c5cccc(-c6ccc7c8ccccc8c8ccccc8c7c6)c5)c4)n3)c2)cc1.c1ccc(-c2cccc(-c3ncnc(-c4cccc(-c5cccc(-c6ccc7c8ccccc8c8ccccc8c7c6)c5)c4)n3)c2)cc1. The van der Waals surface area contributed by atoms with Crippen LogP contribution in [0.3, 0.4) is 0 Å². The zero-order valence-corrected chi connectivity index (χ0v) is 78.5. The van der Waals surface area contributed by atoms with E-state index in [2.05, 4.69) is 482 Å². The molecule has 0 saturated carbocycles. The highest BCUT2D eigenvalue weighted by Gasteiger charge is 2.20. The van der Waals surface area contributed by atoms with Gasteiger partial charge in [0.1, 0.15) is 6.33 Å². The summed E-state index contributed by atoms with van der Waals surface area (Å²) in [5, 5.41) is 23.1. The molecule has 0 saturated heterocycles. The zero-order valence-electron chi connectivity index (χ0n) is 78.5. The van der Waals surface area contributed by atoms with Crippen molar-refractivity contribution in [3.05, 3.63) is 540 Å². The van der Waals surface area contributed by atoms with Crippen molar-refractivity contribution < 1.29 is 0 Å². The first-order valence-corrected chi connectivity index (χ1v) is 48.8. The molecule has 0 aliphatic rings. The number of aromatic nitrogens is 7. The van der Waals surface area contributed by atoms with Gasteiger partial charge in [0.15, 0.2) is 23.3 Å². The molecular weight excluding hydrogens is 1740 g/mol. The van der Waals surface area contributed by atoms with Crippen LogP contribution in [0.25, 0.3) is 265 Å². The molecule has 7 nitrogen and oxygen atoms in total. The number of hydrogen-bond acceptors (Lipinski definition) is 7. The van der Waals surface area contributed by atoms with Crippen LogP contribution in [-0.4, -0.2) is 34.9 Å². The van der Waals surface area contributed by atoms with Crippen LogP contribution in [0.2, 0.25) is 0 Å². The van der Waals surface area contributed by atoms with Crippen LogP contribution in [0, 0.1) is 0 Å². The average molecular weight is 1830 g/mol. The average Bonchev–Trinajstić information content (AvgIpc) is 0.746.